The molecule has 0 aromatic heterocycles. The van der Waals surface area contributed by atoms with Crippen LogP contribution in [0, 0.1) is 0 Å². The molecule has 8 heteroatoms. The molecule has 0 aliphatic rings. The second-order valence-corrected chi connectivity index (χ2v) is 6.96. The highest BCUT2D eigenvalue weighted by molar-refractivity contribution is 9.10. The maximum Gasteiger partial charge on any atom is 0.343 e. The summed E-state index contributed by atoms with van der Waals surface area (Å²) < 4.78 is 11.0. The molecule has 7 nitrogen and oxygen atoms in total. The fourth-order valence-corrected chi connectivity index (χ4v) is 2.79. The number of esters is 1. The van der Waals surface area contributed by atoms with Crippen LogP contribution < -0.4 is 14.9 Å². The minimum atomic E-state index is -0.546. The van der Waals surface area contributed by atoms with Crippen LogP contribution in [0.3, 0.4) is 0 Å². The number of nitrogens with one attached hydrogen (secondary N) is 1. The zero-order valence-corrected chi connectivity index (χ0v) is 17.4. The van der Waals surface area contributed by atoms with Gasteiger partial charge in [-0.3, -0.25) is 4.79 Å². The molecule has 30 heavy (non-hydrogen) atoms. The largest absolute Gasteiger partial charge is 0.507 e. The lowest BCUT2D eigenvalue weighted by molar-refractivity contribution is 0.0734. The summed E-state index contributed by atoms with van der Waals surface area (Å²) in [4.78, 5) is 24.3. The first kappa shape index (κ1) is 21.1. The normalized spacial score (nSPS) is 10.6. The van der Waals surface area contributed by atoms with Gasteiger partial charge in [0.25, 0.3) is 5.91 Å². The fourth-order valence-electron chi connectivity index (χ4n) is 2.43. The summed E-state index contributed by atoms with van der Waals surface area (Å²) in [7, 11) is 1.55. The Hall–Kier alpha value is -3.65. The zero-order chi connectivity index (χ0) is 21.5. The second-order valence-electron chi connectivity index (χ2n) is 6.05. The number of hydrogen-bond acceptors (Lipinski definition) is 6. The number of halogens is 1. The van der Waals surface area contributed by atoms with E-state index in [0.717, 1.165) is 0 Å². The fraction of sp³-hybridized carbons (Fsp3) is 0.0455. The van der Waals surface area contributed by atoms with E-state index in [2.05, 4.69) is 26.5 Å². The van der Waals surface area contributed by atoms with Crippen molar-refractivity contribution in [3.63, 3.8) is 0 Å². The molecule has 0 spiro atoms. The van der Waals surface area contributed by atoms with Crippen molar-refractivity contribution in [3.8, 4) is 17.2 Å². The molecule has 3 aromatic carbocycles. The van der Waals surface area contributed by atoms with E-state index in [0.29, 0.717) is 27.1 Å². The van der Waals surface area contributed by atoms with Gasteiger partial charge in [0, 0.05) is 4.47 Å². The molecule has 0 atom stereocenters. The van der Waals surface area contributed by atoms with Crippen molar-refractivity contribution in [2.75, 3.05) is 7.11 Å². The number of carbonyl (C=O) groups excluding carboxylic acids is 2. The number of nitrogens with zero attached hydrogens (tertiary/aromatic N) is 1. The van der Waals surface area contributed by atoms with Crippen molar-refractivity contribution in [2.45, 2.75) is 0 Å². The van der Waals surface area contributed by atoms with Gasteiger partial charge in [-0.15, -0.1) is 0 Å². The molecule has 0 radical (unpaired) electrons. The van der Waals surface area contributed by atoms with Crippen molar-refractivity contribution >= 4 is 34.0 Å². The summed E-state index contributed by atoms with van der Waals surface area (Å²) in [6.45, 7) is 0. The van der Waals surface area contributed by atoms with Crippen LogP contribution in [0.2, 0.25) is 0 Å². The van der Waals surface area contributed by atoms with Crippen LogP contribution in [0.1, 0.15) is 26.3 Å². The third kappa shape index (κ3) is 5.45. The number of phenols is 1. The average molecular weight is 469 g/mol. The Morgan fingerprint density at radius 2 is 1.67 bits per heavy atom. The highest BCUT2D eigenvalue weighted by Gasteiger charge is 2.11. The van der Waals surface area contributed by atoms with Crippen molar-refractivity contribution < 1.29 is 24.2 Å². The standard InChI is InChI=1S/C22H17BrN2O5/c1-29-17-9-4-15(5-10-17)22(28)30-18-7-2-14(3-8-18)13-24-25-21(27)19-12-16(23)6-11-20(19)26/h2-13,26H,1H3,(H,25,27)/b24-13+. The number of hydrogen-bond donors (Lipinski definition) is 2. The molecular weight excluding hydrogens is 452 g/mol. The molecule has 0 aliphatic carbocycles. The molecular formula is C22H17BrN2O5. The van der Waals surface area contributed by atoms with E-state index in [1.54, 1.807) is 61.7 Å². The number of benzene rings is 3. The van der Waals surface area contributed by atoms with Crippen molar-refractivity contribution in [2.24, 2.45) is 5.10 Å². The highest BCUT2D eigenvalue weighted by Crippen LogP contribution is 2.21. The first-order valence-electron chi connectivity index (χ1n) is 8.74. The molecule has 0 saturated carbocycles. The molecule has 3 rings (SSSR count). The van der Waals surface area contributed by atoms with E-state index in [4.69, 9.17) is 9.47 Å². The van der Waals surface area contributed by atoms with E-state index < -0.39 is 11.9 Å². The van der Waals surface area contributed by atoms with Gasteiger partial charge < -0.3 is 14.6 Å². The summed E-state index contributed by atoms with van der Waals surface area (Å²) in [6, 6.07) is 17.7. The summed E-state index contributed by atoms with van der Waals surface area (Å²) >= 11 is 3.24. The summed E-state index contributed by atoms with van der Waals surface area (Å²) in [6.07, 6.45) is 1.43. The van der Waals surface area contributed by atoms with Crippen molar-refractivity contribution in [3.05, 3.63) is 87.9 Å². The van der Waals surface area contributed by atoms with Crippen LogP contribution in [0.15, 0.2) is 76.3 Å². The Morgan fingerprint density at radius 1 is 1.00 bits per heavy atom. The Bertz CT molecular complexity index is 1080. The summed E-state index contributed by atoms with van der Waals surface area (Å²) in [5, 5.41) is 13.6. The molecule has 3 aromatic rings. The zero-order valence-electron chi connectivity index (χ0n) is 15.8. The average Bonchev–Trinajstić information content (AvgIpc) is 2.76. The van der Waals surface area contributed by atoms with Crippen LogP contribution in [0.25, 0.3) is 0 Å². The Balaban J connectivity index is 1.57. The van der Waals surface area contributed by atoms with Gasteiger partial charge in [-0.1, -0.05) is 15.9 Å². The van der Waals surface area contributed by atoms with Crippen LogP contribution in [0.4, 0.5) is 0 Å². The minimum absolute atomic E-state index is 0.0994. The SMILES string of the molecule is COc1ccc(C(=O)Oc2ccc(/C=N/NC(=O)c3cc(Br)ccc3O)cc2)cc1. The topological polar surface area (TPSA) is 97.2 Å². The van der Waals surface area contributed by atoms with Gasteiger partial charge in [-0.05, 0) is 72.3 Å². The first-order valence-corrected chi connectivity index (χ1v) is 9.54. The summed E-state index contributed by atoms with van der Waals surface area (Å²) in [5.41, 5.74) is 3.53. The van der Waals surface area contributed by atoms with Gasteiger partial charge in [0.2, 0.25) is 0 Å². The third-order valence-electron chi connectivity index (χ3n) is 4.00. The number of methoxy groups -OCH3 is 1. The smallest absolute Gasteiger partial charge is 0.343 e. The molecule has 0 unspecified atom stereocenters. The monoisotopic (exact) mass is 468 g/mol. The molecule has 2 N–H and O–H groups in total. The molecule has 1 amide bonds. The second kappa shape index (κ2) is 9.71. The number of aromatic hydroxyl groups is 1. The predicted molar refractivity (Wildman–Crippen MR) is 115 cm³/mol. The number of carbonyl (C=O) groups is 2. The van der Waals surface area contributed by atoms with Gasteiger partial charge in [0.1, 0.15) is 17.2 Å². The van der Waals surface area contributed by atoms with Crippen LogP contribution in [-0.4, -0.2) is 30.3 Å². The van der Waals surface area contributed by atoms with E-state index in [9.17, 15) is 14.7 Å². The molecule has 152 valence electrons. The highest BCUT2D eigenvalue weighted by atomic mass is 79.9. The summed E-state index contributed by atoms with van der Waals surface area (Å²) in [5.74, 6) is -0.155. The molecule has 0 saturated heterocycles. The van der Waals surface area contributed by atoms with E-state index in [-0.39, 0.29) is 11.3 Å². The lowest BCUT2D eigenvalue weighted by atomic mass is 10.2. The lowest BCUT2D eigenvalue weighted by Crippen LogP contribution is -2.17. The predicted octanol–water partition coefficient (Wildman–Crippen LogP) is 4.15. The maximum atomic E-state index is 12.2. The van der Waals surface area contributed by atoms with Crippen LogP contribution >= 0.6 is 15.9 Å². The number of ether oxygens (including phenoxy) is 2. The lowest BCUT2D eigenvalue weighted by Gasteiger charge is -2.06. The number of hydrazone groups is 1. The maximum absolute atomic E-state index is 12.2. The number of rotatable bonds is 6. The van der Waals surface area contributed by atoms with Gasteiger partial charge in [0.05, 0.1) is 24.5 Å². The van der Waals surface area contributed by atoms with Crippen molar-refractivity contribution in [1.82, 2.24) is 5.43 Å². The molecule has 0 aliphatic heterocycles. The minimum Gasteiger partial charge on any atom is -0.507 e. The Labute approximate surface area is 181 Å². The van der Waals surface area contributed by atoms with Gasteiger partial charge >= 0.3 is 5.97 Å². The van der Waals surface area contributed by atoms with Gasteiger partial charge in [-0.2, -0.15) is 5.10 Å². The van der Waals surface area contributed by atoms with E-state index in [1.165, 1.54) is 18.3 Å². The van der Waals surface area contributed by atoms with Crippen LogP contribution in [0.5, 0.6) is 17.2 Å². The third-order valence-corrected chi connectivity index (χ3v) is 4.49. The Kier molecular flexibility index (Phi) is 6.82. The van der Waals surface area contributed by atoms with Crippen LogP contribution in [-0.2, 0) is 0 Å². The van der Waals surface area contributed by atoms with Crippen molar-refractivity contribution in [1.29, 1.82) is 0 Å². The number of amides is 1. The molecule has 0 fully saturated rings. The first-order chi connectivity index (χ1) is 14.5. The van der Waals surface area contributed by atoms with Gasteiger partial charge in [-0.25, -0.2) is 10.2 Å². The number of phenolic OH excluding ortho intramolecular Hbond substituents is 1. The van der Waals surface area contributed by atoms with E-state index in [1.807, 2.05) is 0 Å². The van der Waals surface area contributed by atoms with E-state index >= 15 is 0 Å². The Morgan fingerprint density at radius 3 is 2.33 bits per heavy atom. The van der Waals surface area contributed by atoms with Gasteiger partial charge in [0.15, 0.2) is 0 Å². The quantitative estimate of drug-likeness (QED) is 0.245. The molecule has 0 bridgehead atoms. The molecule has 0 heterocycles.